The van der Waals surface area contributed by atoms with Crippen molar-refractivity contribution in [1.29, 1.82) is 0 Å². The van der Waals surface area contributed by atoms with Crippen LogP contribution in [0.1, 0.15) is 51.9 Å². The lowest BCUT2D eigenvalue weighted by Gasteiger charge is -2.16. The summed E-state index contributed by atoms with van der Waals surface area (Å²) in [6.07, 6.45) is 2.11. The van der Waals surface area contributed by atoms with Crippen molar-refractivity contribution in [2.45, 2.75) is 52.7 Å². The number of hydrogen-bond acceptors (Lipinski definition) is 8. The summed E-state index contributed by atoms with van der Waals surface area (Å²) in [7, 11) is 0. The minimum Gasteiger partial charge on any atom is -0.371 e. The molecule has 0 bridgehead atoms. The first-order chi connectivity index (χ1) is 22.2. The SMILES string of the molecule is CC(C)CNC(=O)C[C@@H](OCO)c1ncc(-c2ccc(-c3ccc(-c4cnc(C[C@@H](OCO)C(=O)NCC(C)C)[nH]4)cc3)cc2)[nH]1. The molecule has 4 aromatic rings. The van der Waals surface area contributed by atoms with Crippen LogP contribution in [0, 0.1) is 11.8 Å². The third-order valence-corrected chi connectivity index (χ3v) is 7.24. The second-order valence-corrected chi connectivity index (χ2v) is 11.9. The summed E-state index contributed by atoms with van der Waals surface area (Å²) in [5, 5.41) is 24.3. The Hall–Kier alpha value is -4.36. The summed E-state index contributed by atoms with van der Waals surface area (Å²) >= 11 is 0. The Morgan fingerprint density at radius 3 is 1.83 bits per heavy atom. The van der Waals surface area contributed by atoms with Gasteiger partial charge in [0.15, 0.2) is 0 Å². The average Bonchev–Trinajstić information content (AvgIpc) is 3.73. The Morgan fingerprint density at radius 2 is 1.26 bits per heavy atom. The van der Waals surface area contributed by atoms with E-state index in [9.17, 15) is 19.8 Å². The van der Waals surface area contributed by atoms with Crippen LogP contribution in [0.2, 0.25) is 0 Å². The van der Waals surface area contributed by atoms with E-state index in [1.165, 1.54) is 0 Å². The van der Waals surface area contributed by atoms with Gasteiger partial charge in [0, 0.05) is 19.5 Å². The molecular weight excluding hydrogens is 588 g/mol. The van der Waals surface area contributed by atoms with Gasteiger partial charge in [-0.2, -0.15) is 0 Å². The minimum absolute atomic E-state index is 0.0449. The van der Waals surface area contributed by atoms with Gasteiger partial charge in [0.2, 0.25) is 11.8 Å². The van der Waals surface area contributed by atoms with Crippen LogP contribution in [-0.4, -0.2) is 74.7 Å². The van der Waals surface area contributed by atoms with Gasteiger partial charge in [0.1, 0.15) is 37.4 Å². The van der Waals surface area contributed by atoms with E-state index in [1.807, 2.05) is 76.2 Å². The lowest BCUT2D eigenvalue weighted by molar-refractivity contribution is -0.139. The summed E-state index contributed by atoms with van der Waals surface area (Å²) in [5.74, 6) is 1.22. The molecule has 0 aliphatic carbocycles. The predicted octanol–water partition coefficient (Wildman–Crippen LogP) is 3.95. The number of carbonyl (C=O) groups is 2. The van der Waals surface area contributed by atoms with E-state index in [0.29, 0.717) is 36.6 Å². The summed E-state index contributed by atoms with van der Waals surface area (Å²) in [6.45, 7) is 8.05. The first-order valence-electron chi connectivity index (χ1n) is 15.5. The molecular formula is C34H44N6O6. The molecule has 2 heterocycles. The van der Waals surface area contributed by atoms with E-state index in [1.54, 1.807) is 12.4 Å². The molecule has 0 fully saturated rings. The monoisotopic (exact) mass is 632 g/mol. The van der Waals surface area contributed by atoms with E-state index in [-0.39, 0.29) is 24.7 Å². The van der Waals surface area contributed by atoms with Gasteiger partial charge in [-0.25, -0.2) is 9.97 Å². The van der Waals surface area contributed by atoms with Crippen molar-refractivity contribution in [3.8, 4) is 33.6 Å². The first-order valence-corrected chi connectivity index (χ1v) is 15.5. The number of benzene rings is 2. The number of hydrogen-bond donors (Lipinski definition) is 6. The van der Waals surface area contributed by atoms with Gasteiger partial charge in [0.25, 0.3) is 0 Å². The van der Waals surface area contributed by atoms with Gasteiger partial charge in [-0.3, -0.25) is 9.59 Å². The van der Waals surface area contributed by atoms with Crippen LogP contribution >= 0.6 is 0 Å². The molecule has 4 rings (SSSR count). The number of aromatic amines is 2. The molecule has 0 saturated carbocycles. The lowest BCUT2D eigenvalue weighted by Crippen LogP contribution is -2.40. The second-order valence-electron chi connectivity index (χ2n) is 11.9. The molecule has 0 unspecified atom stereocenters. The Morgan fingerprint density at radius 1 is 0.739 bits per heavy atom. The highest BCUT2D eigenvalue weighted by Gasteiger charge is 2.22. The van der Waals surface area contributed by atoms with Crippen molar-refractivity contribution >= 4 is 11.8 Å². The van der Waals surface area contributed by atoms with Crippen molar-refractivity contribution in [2.24, 2.45) is 11.8 Å². The zero-order chi connectivity index (χ0) is 33.1. The number of carbonyl (C=O) groups excluding carboxylic acids is 2. The molecule has 0 aliphatic rings. The zero-order valence-corrected chi connectivity index (χ0v) is 26.7. The lowest BCUT2D eigenvalue weighted by atomic mass is 10.0. The van der Waals surface area contributed by atoms with E-state index in [4.69, 9.17) is 9.47 Å². The van der Waals surface area contributed by atoms with Crippen molar-refractivity contribution in [3.63, 3.8) is 0 Å². The number of nitrogens with zero attached hydrogens (tertiary/aromatic N) is 2. The third kappa shape index (κ3) is 9.82. The number of aromatic nitrogens is 4. The van der Waals surface area contributed by atoms with Gasteiger partial charge in [-0.15, -0.1) is 0 Å². The number of rotatable bonds is 17. The molecule has 0 saturated heterocycles. The van der Waals surface area contributed by atoms with Gasteiger partial charge >= 0.3 is 0 Å². The average molecular weight is 633 g/mol. The van der Waals surface area contributed by atoms with Crippen LogP contribution in [0.5, 0.6) is 0 Å². The highest BCUT2D eigenvalue weighted by Crippen LogP contribution is 2.28. The van der Waals surface area contributed by atoms with Crippen LogP contribution in [0.4, 0.5) is 0 Å². The van der Waals surface area contributed by atoms with Crippen LogP contribution < -0.4 is 10.6 Å². The summed E-state index contributed by atoms with van der Waals surface area (Å²) in [5.41, 5.74) is 5.48. The molecule has 246 valence electrons. The largest absolute Gasteiger partial charge is 0.371 e. The molecule has 12 nitrogen and oxygen atoms in total. The van der Waals surface area contributed by atoms with Crippen molar-refractivity contribution in [3.05, 3.63) is 72.6 Å². The maximum atomic E-state index is 12.5. The van der Waals surface area contributed by atoms with Gasteiger partial charge in [-0.05, 0) is 34.1 Å². The highest BCUT2D eigenvalue weighted by molar-refractivity contribution is 5.81. The first kappa shape index (κ1) is 34.5. The molecule has 0 radical (unpaired) electrons. The van der Waals surface area contributed by atoms with Crippen molar-refractivity contribution < 1.29 is 29.3 Å². The molecule has 2 amide bonds. The number of amides is 2. The van der Waals surface area contributed by atoms with E-state index in [2.05, 4.69) is 30.6 Å². The second kappa shape index (κ2) is 16.8. The fraction of sp³-hybridized carbons (Fsp3) is 0.412. The summed E-state index contributed by atoms with van der Waals surface area (Å²) < 4.78 is 10.6. The Kier molecular flexibility index (Phi) is 12.6. The van der Waals surface area contributed by atoms with Crippen LogP contribution in [0.3, 0.4) is 0 Å². The molecule has 2 aromatic carbocycles. The Bertz CT molecular complexity index is 1530. The molecule has 12 heteroatoms. The van der Waals surface area contributed by atoms with Gasteiger partial charge < -0.3 is 40.3 Å². The quantitative estimate of drug-likeness (QED) is 0.0949. The normalized spacial score (nSPS) is 12.8. The molecule has 0 spiro atoms. The van der Waals surface area contributed by atoms with E-state index in [0.717, 1.165) is 33.6 Å². The van der Waals surface area contributed by atoms with Crippen molar-refractivity contribution in [1.82, 2.24) is 30.6 Å². The van der Waals surface area contributed by atoms with Gasteiger partial charge in [-0.1, -0.05) is 76.2 Å². The fourth-order valence-electron chi connectivity index (χ4n) is 4.74. The Labute approximate surface area is 269 Å². The van der Waals surface area contributed by atoms with Crippen LogP contribution in [-0.2, 0) is 25.5 Å². The standard InChI is InChI=1S/C34H44N6O6/c1-21(2)15-36-32(43)14-29(45-19-41)33-37-18-28(40-33)26-11-7-24(8-12-26)23-5-9-25(10-6-23)27-17-35-31(39-27)13-30(46-20-42)34(44)38-16-22(3)4/h5-12,17-18,21-22,29-30,41-42H,13-16,19-20H2,1-4H3,(H,35,39)(H,36,43)(H,37,40)(H,38,44)/t29-,30-/m1/s1. The van der Waals surface area contributed by atoms with Crippen LogP contribution in [0.25, 0.3) is 33.6 Å². The van der Waals surface area contributed by atoms with Gasteiger partial charge in [0.05, 0.1) is 30.2 Å². The molecule has 46 heavy (non-hydrogen) atoms. The maximum Gasteiger partial charge on any atom is 0.249 e. The maximum absolute atomic E-state index is 12.5. The number of aliphatic hydroxyl groups is 2. The predicted molar refractivity (Wildman–Crippen MR) is 174 cm³/mol. The van der Waals surface area contributed by atoms with Crippen LogP contribution in [0.15, 0.2) is 60.9 Å². The molecule has 2 aromatic heterocycles. The van der Waals surface area contributed by atoms with E-state index < -0.39 is 25.8 Å². The van der Waals surface area contributed by atoms with Crippen molar-refractivity contribution in [2.75, 3.05) is 26.7 Å². The zero-order valence-electron chi connectivity index (χ0n) is 26.7. The Balaban J connectivity index is 1.39. The topological polar surface area (TPSA) is 174 Å². The third-order valence-electron chi connectivity index (χ3n) is 7.24. The number of imidazole rings is 2. The molecule has 2 atom stereocenters. The number of aliphatic hydroxyl groups excluding tert-OH is 2. The number of H-pyrrole nitrogens is 2. The minimum atomic E-state index is -0.849. The summed E-state index contributed by atoms with van der Waals surface area (Å²) in [4.78, 5) is 40.1. The van der Waals surface area contributed by atoms with E-state index >= 15 is 0 Å². The number of ether oxygens (including phenoxy) is 2. The smallest absolute Gasteiger partial charge is 0.249 e. The fourth-order valence-corrected chi connectivity index (χ4v) is 4.74. The molecule has 6 N–H and O–H groups in total. The number of nitrogens with one attached hydrogen (secondary N) is 4. The molecule has 0 aliphatic heterocycles. The summed E-state index contributed by atoms with van der Waals surface area (Å²) in [6, 6.07) is 16.1. The highest BCUT2D eigenvalue weighted by atomic mass is 16.6.